The van der Waals surface area contributed by atoms with E-state index in [9.17, 15) is 0 Å². The first-order chi connectivity index (χ1) is 7.38. The minimum Gasteiger partial charge on any atom is -0.502 e. The maximum absolute atomic E-state index is 5.26. The second kappa shape index (κ2) is 5.55. The van der Waals surface area contributed by atoms with Gasteiger partial charge in [0.15, 0.2) is 0 Å². The van der Waals surface area contributed by atoms with Gasteiger partial charge in [-0.3, -0.25) is 0 Å². The van der Waals surface area contributed by atoms with Crippen molar-refractivity contribution in [3.8, 4) is 0 Å². The molecule has 0 aromatic heterocycles. The van der Waals surface area contributed by atoms with Gasteiger partial charge in [0.25, 0.3) is 0 Å². The largest absolute Gasteiger partial charge is 0.502 e. The molecule has 1 saturated heterocycles. The summed E-state index contributed by atoms with van der Waals surface area (Å²) < 4.78 is 10.5. The summed E-state index contributed by atoms with van der Waals surface area (Å²) in [5.74, 6) is 1.73. The average Bonchev–Trinajstić information content (AvgIpc) is 3.09. The summed E-state index contributed by atoms with van der Waals surface area (Å²) in [6, 6.07) is 0. The Hall–Kier alpha value is -0.500. The second-order valence-electron chi connectivity index (χ2n) is 4.92. The first-order valence-electron chi connectivity index (χ1n) is 6.22. The molecule has 2 aliphatic rings. The standard InChI is InChI=1S/C13H22O2/c1-2-14-9-12-5-3-11(4-6-12)7-8-13-10-15-13/h2,11-13H,1,3-10H2. The summed E-state index contributed by atoms with van der Waals surface area (Å²) in [5, 5.41) is 0. The fourth-order valence-electron chi connectivity index (χ4n) is 2.55. The van der Waals surface area contributed by atoms with Crippen LogP contribution in [0.3, 0.4) is 0 Å². The Bertz CT molecular complexity index is 191. The average molecular weight is 210 g/mol. The van der Waals surface area contributed by atoms with Crippen LogP contribution in [-0.2, 0) is 9.47 Å². The molecule has 2 nitrogen and oxygen atoms in total. The molecular weight excluding hydrogens is 188 g/mol. The number of epoxide rings is 1. The minimum absolute atomic E-state index is 0.617. The lowest BCUT2D eigenvalue weighted by Crippen LogP contribution is -2.18. The smallest absolute Gasteiger partial charge is 0.0901 e. The molecule has 1 aliphatic heterocycles. The first kappa shape index (κ1) is 11.0. The van der Waals surface area contributed by atoms with Crippen LogP contribution >= 0.6 is 0 Å². The van der Waals surface area contributed by atoms with Crippen molar-refractivity contribution in [2.24, 2.45) is 11.8 Å². The molecule has 86 valence electrons. The molecule has 2 rings (SSSR count). The summed E-state index contributed by atoms with van der Waals surface area (Å²) >= 11 is 0. The van der Waals surface area contributed by atoms with Gasteiger partial charge in [0.2, 0.25) is 0 Å². The summed E-state index contributed by atoms with van der Waals surface area (Å²) in [4.78, 5) is 0. The third-order valence-electron chi connectivity index (χ3n) is 3.72. The zero-order chi connectivity index (χ0) is 10.5. The van der Waals surface area contributed by atoms with Crippen molar-refractivity contribution in [1.82, 2.24) is 0 Å². The fourth-order valence-corrected chi connectivity index (χ4v) is 2.55. The third-order valence-corrected chi connectivity index (χ3v) is 3.72. The van der Waals surface area contributed by atoms with Crippen LogP contribution in [-0.4, -0.2) is 19.3 Å². The molecule has 0 N–H and O–H groups in total. The number of hydrogen-bond donors (Lipinski definition) is 0. The SMILES string of the molecule is C=COCC1CCC(CCC2CO2)CC1. The van der Waals surface area contributed by atoms with Crippen LogP contribution in [0.5, 0.6) is 0 Å². The molecule has 1 heterocycles. The van der Waals surface area contributed by atoms with E-state index in [4.69, 9.17) is 9.47 Å². The van der Waals surface area contributed by atoms with Crippen LogP contribution in [0.2, 0.25) is 0 Å². The molecular formula is C13H22O2. The molecule has 0 aromatic rings. The Morgan fingerprint density at radius 3 is 2.40 bits per heavy atom. The predicted octanol–water partition coefficient (Wildman–Crippen LogP) is 3.13. The zero-order valence-electron chi connectivity index (χ0n) is 9.49. The van der Waals surface area contributed by atoms with E-state index in [0.717, 1.165) is 25.0 Å². The van der Waals surface area contributed by atoms with Gasteiger partial charge in [0, 0.05) is 0 Å². The van der Waals surface area contributed by atoms with Crippen LogP contribution in [0.4, 0.5) is 0 Å². The van der Waals surface area contributed by atoms with Gasteiger partial charge in [0.1, 0.15) is 0 Å². The van der Waals surface area contributed by atoms with Crippen LogP contribution in [0.15, 0.2) is 12.8 Å². The molecule has 2 fully saturated rings. The van der Waals surface area contributed by atoms with E-state index in [-0.39, 0.29) is 0 Å². The molecule has 0 bridgehead atoms. The van der Waals surface area contributed by atoms with E-state index in [2.05, 4.69) is 6.58 Å². The Morgan fingerprint density at radius 2 is 1.80 bits per heavy atom. The fraction of sp³-hybridized carbons (Fsp3) is 0.846. The maximum Gasteiger partial charge on any atom is 0.0901 e. The van der Waals surface area contributed by atoms with Crippen LogP contribution in [0, 0.1) is 11.8 Å². The van der Waals surface area contributed by atoms with E-state index >= 15 is 0 Å². The summed E-state index contributed by atoms with van der Waals surface area (Å²) in [5.41, 5.74) is 0. The van der Waals surface area contributed by atoms with E-state index in [1.165, 1.54) is 38.5 Å². The van der Waals surface area contributed by atoms with Gasteiger partial charge >= 0.3 is 0 Å². The van der Waals surface area contributed by atoms with Crippen LogP contribution < -0.4 is 0 Å². The molecule has 0 radical (unpaired) electrons. The van der Waals surface area contributed by atoms with Gasteiger partial charge in [-0.25, -0.2) is 0 Å². The first-order valence-corrected chi connectivity index (χ1v) is 6.22. The Kier molecular flexibility index (Phi) is 4.07. The highest BCUT2D eigenvalue weighted by atomic mass is 16.6. The second-order valence-corrected chi connectivity index (χ2v) is 4.92. The van der Waals surface area contributed by atoms with E-state index in [1.54, 1.807) is 6.26 Å². The molecule has 0 amide bonds. The summed E-state index contributed by atoms with van der Waals surface area (Å²) in [6.07, 6.45) is 10.3. The molecule has 0 spiro atoms. The zero-order valence-corrected chi connectivity index (χ0v) is 9.49. The molecule has 15 heavy (non-hydrogen) atoms. The monoisotopic (exact) mass is 210 g/mol. The molecule has 0 aromatic carbocycles. The van der Waals surface area contributed by atoms with Gasteiger partial charge < -0.3 is 9.47 Å². The van der Waals surface area contributed by atoms with Crippen LogP contribution in [0.1, 0.15) is 38.5 Å². The van der Waals surface area contributed by atoms with E-state index < -0.39 is 0 Å². The third kappa shape index (κ3) is 3.86. The van der Waals surface area contributed by atoms with Crippen molar-refractivity contribution in [2.75, 3.05) is 13.2 Å². The van der Waals surface area contributed by atoms with Crippen molar-refractivity contribution in [3.05, 3.63) is 12.8 Å². The van der Waals surface area contributed by atoms with Gasteiger partial charge in [-0.15, -0.1) is 0 Å². The van der Waals surface area contributed by atoms with Crippen molar-refractivity contribution in [1.29, 1.82) is 0 Å². The van der Waals surface area contributed by atoms with E-state index in [0.29, 0.717) is 6.10 Å². The number of ether oxygens (including phenoxy) is 2. The van der Waals surface area contributed by atoms with Gasteiger partial charge in [-0.2, -0.15) is 0 Å². The Morgan fingerprint density at radius 1 is 1.13 bits per heavy atom. The lowest BCUT2D eigenvalue weighted by Gasteiger charge is -2.27. The maximum atomic E-state index is 5.26. The molecule has 1 saturated carbocycles. The number of hydrogen-bond acceptors (Lipinski definition) is 2. The Labute approximate surface area is 92.6 Å². The normalized spacial score (nSPS) is 34.8. The highest BCUT2D eigenvalue weighted by Crippen LogP contribution is 2.33. The van der Waals surface area contributed by atoms with Gasteiger partial charge in [-0.05, 0) is 37.5 Å². The van der Waals surface area contributed by atoms with Crippen molar-refractivity contribution < 1.29 is 9.47 Å². The lowest BCUT2D eigenvalue weighted by atomic mass is 9.80. The van der Waals surface area contributed by atoms with Gasteiger partial charge in [0.05, 0.1) is 25.6 Å². The Balaban J connectivity index is 1.56. The van der Waals surface area contributed by atoms with Crippen molar-refractivity contribution in [3.63, 3.8) is 0 Å². The van der Waals surface area contributed by atoms with Crippen molar-refractivity contribution in [2.45, 2.75) is 44.6 Å². The summed E-state index contributed by atoms with van der Waals surface area (Å²) in [7, 11) is 0. The molecule has 1 aliphatic carbocycles. The van der Waals surface area contributed by atoms with Gasteiger partial charge in [-0.1, -0.05) is 19.4 Å². The highest BCUT2D eigenvalue weighted by Gasteiger charge is 2.26. The summed E-state index contributed by atoms with van der Waals surface area (Å²) in [6.45, 7) is 5.47. The quantitative estimate of drug-likeness (QED) is 0.496. The highest BCUT2D eigenvalue weighted by molar-refractivity contribution is 4.76. The van der Waals surface area contributed by atoms with E-state index in [1.807, 2.05) is 0 Å². The molecule has 1 atom stereocenters. The minimum atomic E-state index is 0.617. The van der Waals surface area contributed by atoms with Crippen molar-refractivity contribution >= 4 is 0 Å². The topological polar surface area (TPSA) is 21.8 Å². The van der Waals surface area contributed by atoms with Crippen LogP contribution in [0.25, 0.3) is 0 Å². The lowest BCUT2D eigenvalue weighted by molar-refractivity contribution is 0.145. The predicted molar refractivity (Wildman–Crippen MR) is 60.6 cm³/mol. The number of rotatable bonds is 6. The molecule has 2 heteroatoms. The molecule has 1 unspecified atom stereocenters.